The molecule has 25 heavy (non-hydrogen) atoms. The van der Waals surface area contributed by atoms with Gasteiger partial charge >= 0.3 is 0 Å². The number of carbonyl (C=O) groups excluding carboxylic acids is 1. The summed E-state index contributed by atoms with van der Waals surface area (Å²) in [6.07, 6.45) is 12.5. The Balaban J connectivity index is 2.25. The molecule has 0 heterocycles. The number of benzene rings is 1. The summed E-state index contributed by atoms with van der Waals surface area (Å²) in [5.41, 5.74) is 0.557. The van der Waals surface area contributed by atoms with Gasteiger partial charge in [-0.1, -0.05) is 83.3 Å². The largest absolute Gasteiger partial charge is 0.549 e. The molecule has 0 N–H and O–H groups in total. The third kappa shape index (κ3) is 8.66. The summed E-state index contributed by atoms with van der Waals surface area (Å²) < 4.78 is 0. The zero-order valence-electron chi connectivity index (χ0n) is 15.2. The predicted molar refractivity (Wildman–Crippen MR) is 97.3 cm³/mol. The van der Waals surface area contributed by atoms with Crippen LogP contribution in [0.15, 0.2) is 24.3 Å². The maximum atomic E-state index is 11.4. The van der Waals surface area contributed by atoms with E-state index in [2.05, 4.69) is 6.92 Å². The van der Waals surface area contributed by atoms with Crippen LogP contribution >= 0.6 is 0 Å². The number of unbranched alkanes of at least 4 members (excludes halogenated alkanes) is 9. The predicted octanol–water partition coefficient (Wildman–Crippen LogP) is 4.74. The molecule has 0 saturated heterocycles. The van der Waals surface area contributed by atoms with Gasteiger partial charge in [-0.05, 0) is 12.0 Å². The number of nitrogens with zero attached hydrogens (tertiary/aromatic N) is 1. The Morgan fingerprint density at radius 1 is 0.920 bits per heavy atom. The first-order valence-electron chi connectivity index (χ1n) is 9.51. The number of carbonyl (C=O) groups is 1. The third-order valence-corrected chi connectivity index (χ3v) is 4.64. The van der Waals surface area contributed by atoms with Gasteiger partial charge in [0.15, 0.2) is 0 Å². The fourth-order valence-electron chi connectivity index (χ4n) is 3.08. The van der Waals surface area contributed by atoms with Crippen LogP contribution in [0, 0.1) is 10.1 Å². The molecule has 1 unspecified atom stereocenters. The van der Waals surface area contributed by atoms with Crippen molar-refractivity contribution in [3.63, 3.8) is 0 Å². The van der Waals surface area contributed by atoms with Gasteiger partial charge in [0.05, 0.1) is 4.92 Å². The minimum atomic E-state index is -1.11. The van der Waals surface area contributed by atoms with Crippen molar-refractivity contribution in [1.82, 2.24) is 0 Å². The lowest BCUT2D eigenvalue weighted by molar-refractivity contribution is -0.384. The van der Waals surface area contributed by atoms with Crippen molar-refractivity contribution >= 4 is 11.7 Å². The number of carboxylic acids is 1. The Bertz CT molecular complexity index is 513. The second-order valence-corrected chi connectivity index (χ2v) is 6.69. The van der Waals surface area contributed by atoms with E-state index < -0.39 is 16.8 Å². The standard InChI is InChI=1S/C20H31NO4/c1-2-3-4-5-6-7-8-9-10-11-12-19(20(22)23)17-13-15-18(16-14-17)21(24)25/h13-16,19H,2-12H2,1H3,(H,22,23)/p-1. The molecule has 1 aromatic carbocycles. The van der Waals surface area contributed by atoms with Crippen LogP contribution in [0.1, 0.15) is 89.0 Å². The van der Waals surface area contributed by atoms with Gasteiger partial charge in [-0.2, -0.15) is 0 Å². The molecule has 140 valence electrons. The van der Waals surface area contributed by atoms with Crippen molar-refractivity contribution < 1.29 is 14.8 Å². The summed E-state index contributed by atoms with van der Waals surface area (Å²) >= 11 is 0. The van der Waals surface area contributed by atoms with Crippen LogP contribution in [0.3, 0.4) is 0 Å². The molecule has 0 amide bonds. The highest BCUT2D eigenvalue weighted by Crippen LogP contribution is 2.24. The first-order chi connectivity index (χ1) is 12.1. The number of hydrogen-bond donors (Lipinski definition) is 0. The van der Waals surface area contributed by atoms with Gasteiger partial charge in [-0.25, -0.2) is 0 Å². The van der Waals surface area contributed by atoms with E-state index in [1.807, 2.05) is 0 Å². The quantitative estimate of drug-likeness (QED) is 0.276. The van der Waals surface area contributed by atoms with Crippen LogP contribution < -0.4 is 5.11 Å². The first-order valence-corrected chi connectivity index (χ1v) is 9.51. The number of non-ortho nitro benzene ring substituents is 1. The monoisotopic (exact) mass is 348 g/mol. The lowest BCUT2D eigenvalue weighted by atomic mass is 9.93. The summed E-state index contributed by atoms with van der Waals surface area (Å²) in [4.78, 5) is 21.5. The van der Waals surface area contributed by atoms with Crippen LogP contribution in [0.4, 0.5) is 5.69 Å². The van der Waals surface area contributed by atoms with Gasteiger partial charge in [-0.3, -0.25) is 10.1 Å². The van der Waals surface area contributed by atoms with Crippen molar-refractivity contribution in [3.8, 4) is 0 Å². The summed E-state index contributed by atoms with van der Waals surface area (Å²) in [5.74, 6) is -1.79. The van der Waals surface area contributed by atoms with Gasteiger partial charge in [0.1, 0.15) is 0 Å². The van der Waals surface area contributed by atoms with E-state index in [0.717, 1.165) is 19.3 Å². The van der Waals surface area contributed by atoms with Crippen LogP contribution in [0.2, 0.25) is 0 Å². The molecular weight excluding hydrogens is 318 g/mol. The van der Waals surface area contributed by atoms with Crippen molar-refractivity contribution in [2.45, 2.75) is 83.5 Å². The summed E-state index contributed by atoms with van der Waals surface area (Å²) in [7, 11) is 0. The lowest BCUT2D eigenvalue weighted by Crippen LogP contribution is -2.29. The highest BCUT2D eigenvalue weighted by molar-refractivity contribution is 5.74. The Hall–Kier alpha value is -1.91. The van der Waals surface area contributed by atoms with Crippen LogP contribution in [0.5, 0.6) is 0 Å². The number of aliphatic carboxylic acids is 1. The lowest BCUT2D eigenvalue weighted by Gasteiger charge is -2.18. The fourth-order valence-corrected chi connectivity index (χ4v) is 3.08. The topological polar surface area (TPSA) is 83.3 Å². The molecule has 1 aromatic rings. The minimum absolute atomic E-state index is 0.0280. The summed E-state index contributed by atoms with van der Waals surface area (Å²) in [5, 5.41) is 22.0. The van der Waals surface area contributed by atoms with E-state index in [1.165, 1.54) is 69.2 Å². The van der Waals surface area contributed by atoms with Crippen LogP contribution in [-0.4, -0.2) is 10.9 Å². The number of nitro groups is 1. The molecule has 0 aliphatic heterocycles. The van der Waals surface area contributed by atoms with E-state index in [1.54, 1.807) is 0 Å². The van der Waals surface area contributed by atoms with Gasteiger partial charge in [-0.15, -0.1) is 0 Å². The van der Waals surface area contributed by atoms with Gasteiger partial charge in [0, 0.05) is 24.0 Å². The molecule has 0 radical (unpaired) electrons. The maximum Gasteiger partial charge on any atom is 0.269 e. The highest BCUT2D eigenvalue weighted by Gasteiger charge is 2.14. The molecule has 0 aliphatic carbocycles. The van der Waals surface area contributed by atoms with E-state index in [0.29, 0.717) is 12.0 Å². The van der Waals surface area contributed by atoms with Crippen molar-refractivity contribution in [1.29, 1.82) is 0 Å². The van der Waals surface area contributed by atoms with Crippen molar-refractivity contribution in [3.05, 3.63) is 39.9 Å². The molecule has 0 spiro atoms. The smallest absolute Gasteiger partial charge is 0.269 e. The molecule has 5 heteroatoms. The molecule has 1 atom stereocenters. The molecule has 0 fully saturated rings. The zero-order chi connectivity index (χ0) is 18.5. The third-order valence-electron chi connectivity index (χ3n) is 4.64. The number of hydrogen-bond acceptors (Lipinski definition) is 4. The van der Waals surface area contributed by atoms with E-state index in [4.69, 9.17) is 0 Å². The summed E-state index contributed by atoms with van der Waals surface area (Å²) in [6.45, 7) is 2.22. The molecule has 1 rings (SSSR count). The van der Waals surface area contributed by atoms with Crippen molar-refractivity contribution in [2.75, 3.05) is 0 Å². The zero-order valence-corrected chi connectivity index (χ0v) is 15.2. The average molecular weight is 348 g/mol. The Morgan fingerprint density at radius 3 is 1.84 bits per heavy atom. The van der Waals surface area contributed by atoms with Gasteiger partial charge in [0.25, 0.3) is 5.69 Å². The van der Waals surface area contributed by atoms with Crippen LogP contribution in [-0.2, 0) is 4.79 Å². The van der Waals surface area contributed by atoms with Crippen LogP contribution in [0.25, 0.3) is 0 Å². The van der Waals surface area contributed by atoms with E-state index >= 15 is 0 Å². The highest BCUT2D eigenvalue weighted by atomic mass is 16.6. The molecule has 0 saturated carbocycles. The second-order valence-electron chi connectivity index (χ2n) is 6.69. The molecule has 0 aliphatic rings. The minimum Gasteiger partial charge on any atom is -0.549 e. The second kappa shape index (κ2) is 12.5. The Morgan fingerprint density at radius 2 is 1.40 bits per heavy atom. The van der Waals surface area contributed by atoms with Gasteiger partial charge < -0.3 is 9.90 Å². The molecule has 5 nitrogen and oxygen atoms in total. The first kappa shape index (κ1) is 21.1. The average Bonchev–Trinajstić information content (AvgIpc) is 2.59. The van der Waals surface area contributed by atoms with E-state index in [9.17, 15) is 20.0 Å². The summed E-state index contributed by atoms with van der Waals surface area (Å²) in [6, 6.07) is 5.75. The maximum absolute atomic E-state index is 11.4. The molecule has 0 aromatic heterocycles. The number of nitro benzene ring substituents is 1. The fraction of sp³-hybridized carbons (Fsp3) is 0.650. The Kier molecular flexibility index (Phi) is 10.5. The molecule has 0 bridgehead atoms. The molecular formula is C20H30NO4-. The normalized spacial score (nSPS) is 12.0. The van der Waals surface area contributed by atoms with Gasteiger partial charge in [0.2, 0.25) is 0 Å². The number of rotatable bonds is 14. The van der Waals surface area contributed by atoms with Crippen molar-refractivity contribution in [2.24, 2.45) is 0 Å². The SMILES string of the molecule is CCCCCCCCCCCCC(C(=O)[O-])c1ccc([N+](=O)[O-])cc1. The number of carboxylic acid groups (broad SMARTS) is 1. The van der Waals surface area contributed by atoms with E-state index in [-0.39, 0.29) is 5.69 Å². The Labute approximate surface area is 150 Å².